The summed E-state index contributed by atoms with van der Waals surface area (Å²) in [5, 5.41) is 15.5. The largest absolute Gasteiger partial charge is 0.381 e. The lowest BCUT2D eigenvalue weighted by Crippen LogP contribution is -2.47. The van der Waals surface area contributed by atoms with E-state index >= 15 is 0 Å². The van der Waals surface area contributed by atoms with Crippen molar-refractivity contribution in [3.63, 3.8) is 0 Å². The van der Waals surface area contributed by atoms with Crippen LogP contribution in [0.15, 0.2) is 85.6 Å². The van der Waals surface area contributed by atoms with E-state index in [0.717, 1.165) is 54.2 Å². The molecule has 0 unspecified atom stereocenters. The maximum absolute atomic E-state index is 13.3. The summed E-state index contributed by atoms with van der Waals surface area (Å²) in [6.07, 6.45) is 13.0. The molecule has 4 heterocycles. The number of halogens is 1. The lowest BCUT2D eigenvalue weighted by molar-refractivity contribution is 0.101. The fourth-order valence-electron chi connectivity index (χ4n) is 4.70. The summed E-state index contributed by atoms with van der Waals surface area (Å²) in [4.78, 5) is 18.1. The van der Waals surface area contributed by atoms with Crippen molar-refractivity contribution in [2.45, 2.75) is 26.4 Å². The molecular weight excluding hydrogens is 493 g/mol. The van der Waals surface area contributed by atoms with Gasteiger partial charge in [-0.1, -0.05) is 42.5 Å². The molecule has 1 aliphatic rings. The van der Waals surface area contributed by atoms with E-state index in [4.69, 9.17) is 0 Å². The topological polar surface area (TPSA) is 82.7 Å². The predicted molar refractivity (Wildman–Crippen MR) is 152 cm³/mol. The molecule has 1 fully saturated rings. The Morgan fingerprint density at radius 1 is 1.00 bits per heavy atom. The molecule has 9 heteroatoms. The molecule has 0 aliphatic carbocycles. The minimum absolute atomic E-state index is 0.348. The third-order valence-corrected chi connectivity index (χ3v) is 7.05. The fourth-order valence-corrected chi connectivity index (χ4v) is 4.70. The normalized spacial score (nSPS) is 16.2. The van der Waals surface area contributed by atoms with Gasteiger partial charge in [-0.25, -0.2) is 23.9 Å². The van der Waals surface area contributed by atoms with Gasteiger partial charge in [0.05, 0.1) is 0 Å². The highest BCUT2D eigenvalue weighted by molar-refractivity contribution is 5.80. The molecule has 1 aliphatic heterocycles. The molecule has 4 aromatic rings. The highest BCUT2D eigenvalue weighted by Crippen LogP contribution is 2.30. The number of nitrogens with zero attached hydrogens (tertiary/aromatic N) is 7. The third-order valence-electron chi connectivity index (χ3n) is 7.05. The number of anilines is 2. The first-order valence-corrected chi connectivity index (χ1v) is 12.9. The molecule has 0 amide bonds. The Labute approximate surface area is 227 Å². The number of hydrogen-bond acceptors (Lipinski definition) is 7. The number of rotatable bonds is 7. The molecule has 200 valence electrons. The van der Waals surface area contributed by atoms with Crippen molar-refractivity contribution in [2.75, 3.05) is 36.0 Å². The lowest BCUT2D eigenvalue weighted by Gasteiger charge is -2.35. The summed E-state index contributed by atoms with van der Waals surface area (Å²) in [5.74, 6) is 1.15. The average molecular weight is 526 g/mol. The third kappa shape index (κ3) is 5.44. The first-order chi connectivity index (χ1) is 18.8. The van der Waals surface area contributed by atoms with E-state index in [2.05, 4.69) is 54.6 Å². The number of fused-ring (bicyclic) bond motifs is 1. The second-order valence-electron chi connectivity index (χ2n) is 9.89. The molecule has 1 saturated heterocycles. The zero-order chi connectivity index (χ0) is 27.6. The minimum atomic E-state index is -1.33. The minimum Gasteiger partial charge on any atom is -0.381 e. The van der Waals surface area contributed by atoms with Crippen LogP contribution < -0.4 is 9.80 Å². The number of aliphatic hydroxyl groups is 1. The standard InChI is InChI=1S/C30H32FN7O/c1-5-22(7-6-21(2)3)23-16-27-28(34-20-35-38(27)19-23)36-12-14-37(15-13-36)29-32-17-25(18-33-29)30(4,39)24-8-10-26(31)11-9-24/h5-11,16-20,39H,2,12-15H2,1,3-4H3/b7-6-,22-5+/t30-/m0/s1. The Morgan fingerprint density at radius 2 is 1.67 bits per heavy atom. The molecule has 0 bridgehead atoms. The zero-order valence-corrected chi connectivity index (χ0v) is 22.4. The van der Waals surface area contributed by atoms with E-state index < -0.39 is 5.60 Å². The van der Waals surface area contributed by atoms with Crippen molar-refractivity contribution in [1.29, 1.82) is 0 Å². The van der Waals surface area contributed by atoms with Crippen LogP contribution >= 0.6 is 0 Å². The van der Waals surface area contributed by atoms with Gasteiger partial charge in [0.2, 0.25) is 5.95 Å². The number of aromatic nitrogens is 5. The number of allylic oxidation sites excluding steroid dienone is 5. The highest BCUT2D eigenvalue weighted by Gasteiger charge is 2.28. The Morgan fingerprint density at radius 3 is 2.31 bits per heavy atom. The van der Waals surface area contributed by atoms with Crippen LogP contribution in [0, 0.1) is 5.82 Å². The van der Waals surface area contributed by atoms with Gasteiger partial charge in [0.15, 0.2) is 5.82 Å². The molecule has 1 N–H and O–H groups in total. The smallest absolute Gasteiger partial charge is 0.225 e. The molecule has 0 radical (unpaired) electrons. The van der Waals surface area contributed by atoms with Crippen LogP contribution in [0.2, 0.25) is 0 Å². The van der Waals surface area contributed by atoms with Crippen LogP contribution in [0.4, 0.5) is 16.2 Å². The van der Waals surface area contributed by atoms with Crippen LogP contribution in [-0.4, -0.2) is 55.9 Å². The predicted octanol–water partition coefficient (Wildman–Crippen LogP) is 4.78. The van der Waals surface area contributed by atoms with Gasteiger partial charge in [0, 0.05) is 55.9 Å². The van der Waals surface area contributed by atoms with Crippen molar-refractivity contribution in [1.82, 2.24) is 24.6 Å². The van der Waals surface area contributed by atoms with Crippen LogP contribution in [0.25, 0.3) is 11.1 Å². The van der Waals surface area contributed by atoms with Crippen LogP contribution in [0.5, 0.6) is 0 Å². The number of benzene rings is 1. The molecule has 1 atom stereocenters. The SMILES string of the molecule is C=C(C)/C=C\C(=C/C)c1cc2c(N3CCN(c4ncc([C@@](C)(O)c5ccc(F)cc5)cn4)CC3)ncnn2c1. The average Bonchev–Trinajstić information content (AvgIpc) is 3.38. The monoisotopic (exact) mass is 525 g/mol. The lowest BCUT2D eigenvalue weighted by atomic mass is 9.90. The summed E-state index contributed by atoms with van der Waals surface area (Å²) in [6.45, 7) is 12.5. The van der Waals surface area contributed by atoms with E-state index in [1.54, 1.807) is 37.8 Å². The summed E-state index contributed by atoms with van der Waals surface area (Å²) in [6, 6.07) is 7.92. The van der Waals surface area contributed by atoms with Gasteiger partial charge in [0.1, 0.15) is 23.3 Å². The molecule has 8 nitrogen and oxygen atoms in total. The van der Waals surface area contributed by atoms with Crippen molar-refractivity contribution in [3.8, 4) is 0 Å². The quantitative estimate of drug-likeness (QED) is 0.348. The van der Waals surface area contributed by atoms with Gasteiger partial charge in [-0.05, 0) is 50.1 Å². The van der Waals surface area contributed by atoms with Gasteiger partial charge in [0.25, 0.3) is 0 Å². The zero-order valence-electron chi connectivity index (χ0n) is 22.4. The van der Waals surface area contributed by atoms with Crippen molar-refractivity contribution in [3.05, 3.63) is 108 Å². The fraction of sp³-hybridized carbons (Fsp3) is 0.267. The second-order valence-corrected chi connectivity index (χ2v) is 9.89. The maximum Gasteiger partial charge on any atom is 0.225 e. The van der Waals surface area contributed by atoms with Gasteiger partial charge in [-0.3, -0.25) is 0 Å². The highest BCUT2D eigenvalue weighted by atomic mass is 19.1. The van der Waals surface area contributed by atoms with Gasteiger partial charge in [-0.15, -0.1) is 0 Å². The molecule has 5 rings (SSSR count). The second kappa shape index (κ2) is 10.8. The maximum atomic E-state index is 13.3. The molecule has 39 heavy (non-hydrogen) atoms. The summed E-state index contributed by atoms with van der Waals surface area (Å²) in [5.41, 5.74) is 3.90. The number of piperazine rings is 1. The van der Waals surface area contributed by atoms with Gasteiger partial charge in [-0.2, -0.15) is 5.10 Å². The van der Waals surface area contributed by atoms with Crippen molar-refractivity contribution >= 4 is 22.9 Å². The van der Waals surface area contributed by atoms with E-state index in [0.29, 0.717) is 17.1 Å². The molecule has 3 aromatic heterocycles. The first-order valence-electron chi connectivity index (χ1n) is 12.9. The van der Waals surface area contributed by atoms with E-state index in [-0.39, 0.29) is 5.82 Å². The van der Waals surface area contributed by atoms with E-state index in [9.17, 15) is 9.50 Å². The summed E-state index contributed by atoms with van der Waals surface area (Å²) in [7, 11) is 0. The number of hydrogen-bond donors (Lipinski definition) is 1. The Hall–Kier alpha value is -4.37. The van der Waals surface area contributed by atoms with Crippen molar-refractivity contribution < 1.29 is 9.50 Å². The summed E-state index contributed by atoms with van der Waals surface area (Å²) < 4.78 is 15.2. The van der Waals surface area contributed by atoms with Crippen LogP contribution in [0.3, 0.4) is 0 Å². The van der Waals surface area contributed by atoms with Crippen LogP contribution in [-0.2, 0) is 5.60 Å². The first kappa shape index (κ1) is 26.2. The molecular formula is C30H32FN7O. The molecule has 0 saturated carbocycles. The molecule has 1 aromatic carbocycles. The van der Waals surface area contributed by atoms with E-state index in [1.165, 1.54) is 12.1 Å². The van der Waals surface area contributed by atoms with E-state index in [1.807, 2.05) is 30.6 Å². The van der Waals surface area contributed by atoms with Crippen molar-refractivity contribution in [2.24, 2.45) is 0 Å². The van der Waals surface area contributed by atoms with Crippen LogP contribution in [0.1, 0.15) is 37.5 Å². The van der Waals surface area contributed by atoms with Gasteiger partial charge < -0.3 is 14.9 Å². The Balaban J connectivity index is 1.29. The van der Waals surface area contributed by atoms with Gasteiger partial charge >= 0.3 is 0 Å². The summed E-state index contributed by atoms with van der Waals surface area (Å²) >= 11 is 0. The Kier molecular flexibility index (Phi) is 7.26. The Bertz CT molecular complexity index is 1530. The molecule has 0 spiro atoms.